The van der Waals surface area contributed by atoms with Crippen LogP contribution in [0.2, 0.25) is 4.82 Å². The Labute approximate surface area is 265 Å². The zero-order valence-corrected chi connectivity index (χ0v) is 26.2. The second-order valence-corrected chi connectivity index (χ2v) is 14.6. The van der Waals surface area contributed by atoms with Gasteiger partial charge in [0.2, 0.25) is 0 Å². The summed E-state index contributed by atoms with van der Waals surface area (Å²) in [4.78, 5) is 3.04. The predicted molar refractivity (Wildman–Crippen MR) is 168 cm³/mol. The van der Waals surface area contributed by atoms with Crippen molar-refractivity contribution in [1.82, 2.24) is 4.90 Å². The Hall–Kier alpha value is -2.84. The van der Waals surface area contributed by atoms with Crippen molar-refractivity contribution < 1.29 is 23.7 Å². The average Bonchev–Trinajstić information content (AvgIpc) is 3.68. The van der Waals surface area contributed by atoms with E-state index in [1.54, 1.807) is 0 Å². The fourth-order valence-electron chi connectivity index (χ4n) is 7.07. The van der Waals surface area contributed by atoms with Gasteiger partial charge in [0.05, 0.1) is 0 Å². The standard InChI is InChI=1S/C37H37NO5Se/c1-4-12-25(13-5-1)33-32(20-21-39-33)44-31-19-11-10-18-28(31)22-38-29-23-40-36(26-14-6-2-7-15-26)42-34(29)35-30(38)24-41-37(43-35)27-16-8-3-9-17-27/h1-19,29-30,32-37H,20-24H2/t29-,30-,32+,33-,34+,35+,36+,37+/m0/s1. The summed E-state index contributed by atoms with van der Waals surface area (Å²) in [5.74, 6) is 0. The van der Waals surface area contributed by atoms with Crippen LogP contribution >= 0.6 is 0 Å². The van der Waals surface area contributed by atoms with Gasteiger partial charge in [-0.2, -0.15) is 0 Å². The number of ether oxygens (including phenoxy) is 5. The van der Waals surface area contributed by atoms with Crippen molar-refractivity contribution in [2.45, 2.75) is 60.8 Å². The fourth-order valence-corrected chi connectivity index (χ4v) is 9.89. The third-order valence-corrected chi connectivity index (χ3v) is 12.3. The van der Waals surface area contributed by atoms with E-state index in [1.165, 1.54) is 15.6 Å². The van der Waals surface area contributed by atoms with Crippen LogP contribution in [0.25, 0.3) is 0 Å². The van der Waals surface area contributed by atoms with Gasteiger partial charge in [-0.15, -0.1) is 0 Å². The molecular formula is C37H37NO5Se. The van der Waals surface area contributed by atoms with Crippen LogP contribution in [-0.4, -0.2) is 64.0 Å². The summed E-state index contributed by atoms with van der Waals surface area (Å²) >= 11 is 0.266. The summed E-state index contributed by atoms with van der Waals surface area (Å²) in [5, 5.41) is 0. The quantitative estimate of drug-likeness (QED) is 0.237. The van der Waals surface area contributed by atoms with E-state index in [2.05, 4.69) is 83.8 Å². The molecular weight excluding hydrogens is 617 g/mol. The van der Waals surface area contributed by atoms with E-state index in [9.17, 15) is 0 Å². The van der Waals surface area contributed by atoms with E-state index in [0.29, 0.717) is 18.0 Å². The minimum absolute atomic E-state index is 0.0653. The Morgan fingerprint density at radius 2 is 1.11 bits per heavy atom. The third kappa shape index (κ3) is 5.68. The molecule has 0 unspecified atom stereocenters. The summed E-state index contributed by atoms with van der Waals surface area (Å²) in [5.41, 5.74) is 4.72. The van der Waals surface area contributed by atoms with Crippen LogP contribution in [0.1, 0.15) is 47.4 Å². The van der Waals surface area contributed by atoms with E-state index in [1.807, 2.05) is 36.4 Å². The number of hydrogen-bond acceptors (Lipinski definition) is 6. The summed E-state index contributed by atoms with van der Waals surface area (Å²) in [7, 11) is 0. The molecule has 6 nitrogen and oxygen atoms in total. The van der Waals surface area contributed by atoms with Crippen molar-refractivity contribution in [3.8, 4) is 0 Å². The Kier molecular flexibility index (Phi) is 8.38. The van der Waals surface area contributed by atoms with Gasteiger partial charge in [-0.25, -0.2) is 0 Å². The summed E-state index contributed by atoms with van der Waals surface area (Å²) in [6, 6.07) is 40.2. The number of fused-ring (bicyclic) bond motifs is 3. The van der Waals surface area contributed by atoms with Crippen LogP contribution in [0.15, 0.2) is 115 Å². The molecule has 4 heterocycles. The van der Waals surface area contributed by atoms with Gasteiger partial charge in [0.15, 0.2) is 0 Å². The molecule has 4 aromatic carbocycles. The van der Waals surface area contributed by atoms with Crippen molar-refractivity contribution in [2.24, 2.45) is 0 Å². The van der Waals surface area contributed by atoms with Crippen LogP contribution in [0.4, 0.5) is 0 Å². The van der Waals surface area contributed by atoms with Gasteiger partial charge in [-0.05, 0) is 0 Å². The summed E-state index contributed by atoms with van der Waals surface area (Å²) in [6.07, 6.45) is 0.183. The molecule has 8 rings (SSSR count). The van der Waals surface area contributed by atoms with Gasteiger partial charge in [-0.1, -0.05) is 0 Å². The van der Waals surface area contributed by atoms with Crippen LogP contribution in [0.5, 0.6) is 0 Å². The first-order valence-electron chi connectivity index (χ1n) is 15.6. The second kappa shape index (κ2) is 12.9. The average molecular weight is 655 g/mol. The maximum absolute atomic E-state index is 6.76. The molecule has 0 bridgehead atoms. The molecule has 7 heteroatoms. The molecule has 4 aliphatic rings. The summed E-state index contributed by atoms with van der Waals surface area (Å²) < 4.78 is 34.0. The van der Waals surface area contributed by atoms with E-state index < -0.39 is 12.6 Å². The molecule has 4 fully saturated rings. The number of rotatable bonds is 7. The van der Waals surface area contributed by atoms with Crippen LogP contribution in [0.3, 0.4) is 0 Å². The first kappa shape index (κ1) is 28.6. The zero-order chi connectivity index (χ0) is 29.3. The Morgan fingerprint density at radius 1 is 0.591 bits per heavy atom. The van der Waals surface area contributed by atoms with Gasteiger partial charge in [-0.3, -0.25) is 0 Å². The molecule has 8 atom stereocenters. The van der Waals surface area contributed by atoms with Crippen LogP contribution < -0.4 is 4.46 Å². The van der Waals surface area contributed by atoms with E-state index >= 15 is 0 Å². The molecule has 0 N–H and O–H groups in total. The van der Waals surface area contributed by atoms with Crippen LogP contribution in [0, 0.1) is 0 Å². The van der Waals surface area contributed by atoms with Gasteiger partial charge in [0, 0.05) is 0 Å². The summed E-state index contributed by atoms with van der Waals surface area (Å²) in [6.45, 7) is 2.78. The predicted octanol–water partition coefficient (Wildman–Crippen LogP) is 5.75. The first-order chi connectivity index (χ1) is 21.8. The topological polar surface area (TPSA) is 49.4 Å². The normalized spacial score (nSPS) is 31.8. The van der Waals surface area contributed by atoms with E-state index in [0.717, 1.165) is 30.7 Å². The maximum atomic E-state index is 6.76. The van der Waals surface area contributed by atoms with E-state index in [-0.39, 0.29) is 45.4 Å². The molecule has 0 spiro atoms. The molecule has 4 aromatic rings. The van der Waals surface area contributed by atoms with E-state index in [4.69, 9.17) is 23.7 Å². The number of benzene rings is 4. The third-order valence-electron chi connectivity index (χ3n) is 9.25. The monoisotopic (exact) mass is 655 g/mol. The van der Waals surface area contributed by atoms with Crippen molar-refractivity contribution in [3.63, 3.8) is 0 Å². The van der Waals surface area contributed by atoms with Gasteiger partial charge in [0.25, 0.3) is 0 Å². The molecule has 0 radical (unpaired) electrons. The van der Waals surface area contributed by atoms with Gasteiger partial charge in [0.1, 0.15) is 0 Å². The van der Waals surface area contributed by atoms with Gasteiger partial charge >= 0.3 is 266 Å². The number of likely N-dealkylation sites (tertiary alicyclic amines) is 1. The first-order valence-corrected chi connectivity index (χ1v) is 17.5. The number of nitrogens with zero attached hydrogens (tertiary/aromatic N) is 1. The Balaban J connectivity index is 1.06. The molecule has 226 valence electrons. The fraction of sp³-hybridized carbons (Fsp3) is 0.351. The molecule has 0 amide bonds. The molecule has 44 heavy (non-hydrogen) atoms. The van der Waals surface area contributed by atoms with Crippen molar-refractivity contribution >= 4 is 19.4 Å². The van der Waals surface area contributed by atoms with Crippen LogP contribution in [-0.2, 0) is 30.2 Å². The molecule has 0 saturated carbocycles. The van der Waals surface area contributed by atoms with Gasteiger partial charge < -0.3 is 0 Å². The van der Waals surface area contributed by atoms with Crippen molar-refractivity contribution in [2.75, 3.05) is 19.8 Å². The second-order valence-electron chi connectivity index (χ2n) is 11.9. The Morgan fingerprint density at radius 3 is 1.70 bits per heavy atom. The minimum atomic E-state index is -0.410. The molecule has 0 aromatic heterocycles. The number of hydrogen-bond donors (Lipinski definition) is 0. The van der Waals surface area contributed by atoms with Crippen molar-refractivity contribution in [1.29, 1.82) is 0 Å². The SMILES string of the molecule is c1ccc([C@@H]2OC[C@H]3[C@@H](O2)[C@@H]2O[C@H](c4ccccc4)OC[C@@H]2N3Cc2ccccc2[Se][C@@H]2CCO[C@H]2c2ccccc2)cc1. The Bertz CT molecular complexity index is 1460. The molecule has 4 aliphatic heterocycles. The molecule has 0 aliphatic carbocycles. The zero-order valence-electron chi connectivity index (χ0n) is 24.5. The van der Waals surface area contributed by atoms with Crippen molar-refractivity contribution in [3.05, 3.63) is 138 Å². The molecule has 4 saturated heterocycles.